The van der Waals surface area contributed by atoms with Gasteiger partial charge in [0.1, 0.15) is 11.6 Å². The first-order valence-electron chi connectivity index (χ1n) is 6.43. The molecule has 0 bridgehead atoms. The third-order valence-corrected chi connectivity index (χ3v) is 3.01. The molecule has 0 saturated carbocycles. The van der Waals surface area contributed by atoms with Crippen LogP contribution >= 0.6 is 0 Å². The molecule has 3 nitrogen and oxygen atoms in total. The third-order valence-electron chi connectivity index (χ3n) is 3.01. The van der Waals surface area contributed by atoms with Gasteiger partial charge >= 0.3 is 0 Å². The van der Waals surface area contributed by atoms with E-state index in [-0.39, 0.29) is 18.0 Å². The van der Waals surface area contributed by atoms with E-state index in [1.165, 1.54) is 12.1 Å². The monoisotopic (exact) mass is 270 g/mol. The molecule has 1 aromatic rings. The summed E-state index contributed by atoms with van der Waals surface area (Å²) in [6.07, 6.45) is 2.04. The van der Waals surface area contributed by atoms with Crippen molar-refractivity contribution in [3.05, 3.63) is 35.4 Å². The van der Waals surface area contributed by atoms with E-state index in [0.29, 0.717) is 18.9 Å². The summed E-state index contributed by atoms with van der Waals surface area (Å²) in [5.74, 6) is -0.995. The Morgan fingerprint density at radius 1 is 1.37 bits per heavy atom. The van der Waals surface area contributed by atoms with Crippen LogP contribution in [0.25, 0.3) is 0 Å². The molecule has 0 fully saturated rings. The standard InChI is InChI=1S/C14H20F2N2O/c1-10(6-7-17)2-5-14(19)18-9-11-3-4-12(15)8-13(11)16/h3-4,8,10H,2,5-7,9,17H2,1H3,(H,18,19). The quantitative estimate of drug-likeness (QED) is 0.799. The Kier molecular flexibility index (Phi) is 6.42. The fraction of sp³-hybridized carbons (Fsp3) is 0.500. The number of amides is 1. The molecule has 0 aliphatic heterocycles. The summed E-state index contributed by atoms with van der Waals surface area (Å²) in [6, 6.07) is 3.32. The summed E-state index contributed by atoms with van der Waals surface area (Å²) in [6.45, 7) is 2.74. The third kappa shape index (κ3) is 5.79. The Labute approximate surface area is 112 Å². The molecular weight excluding hydrogens is 250 g/mol. The molecule has 0 spiro atoms. The largest absolute Gasteiger partial charge is 0.352 e. The van der Waals surface area contributed by atoms with Gasteiger partial charge in [0.2, 0.25) is 5.91 Å². The van der Waals surface area contributed by atoms with E-state index in [1.807, 2.05) is 6.92 Å². The highest BCUT2D eigenvalue weighted by Gasteiger charge is 2.08. The molecule has 0 aliphatic carbocycles. The van der Waals surface area contributed by atoms with Gasteiger partial charge in [-0.15, -0.1) is 0 Å². The van der Waals surface area contributed by atoms with Gasteiger partial charge in [0, 0.05) is 24.6 Å². The average Bonchev–Trinajstić information content (AvgIpc) is 2.35. The number of halogens is 2. The molecule has 0 aromatic heterocycles. The molecule has 1 unspecified atom stereocenters. The summed E-state index contributed by atoms with van der Waals surface area (Å²) in [5.41, 5.74) is 5.71. The Hall–Kier alpha value is -1.49. The summed E-state index contributed by atoms with van der Waals surface area (Å²) in [4.78, 5) is 11.6. The number of carbonyl (C=O) groups is 1. The number of hydrogen-bond donors (Lipinski definition) is 2. The first kappa shape index (κ1) is 15.6. The second kappa shape index (κ2) is 7.84. The molecular formula is C14H20F2N2O. The summed E-state index contributed by atoms with van der Waals surface area (Å²) >= 11 is 0. The summed E-state index contributed by atoms with van der Waals surface area (Å²) in [7, 11) is 0. The van der Waals surface area contributed by atoms with Crippen LogP contribution in [0.3, 0.4) is 0 Å². The van der Waals surface area contributed by atoms with Crippen molar-refractivity contribution in [2.75, 3.05) is 6.54 Å². The average molecular weight is 270 g/mol. The van der Waals surface area contributed by atoms with Crippen molar-refractivity contribution in [1.29, 1.82) is 0 Å². The van der Waals surface area contributed by atoms with Gasteiger partial charge in [-0.05, 0) is 31.4 Å². The van der Waals surface area contributed by atoms with Crippen LogP contribution in [-0.4, -0.2) is 12.5 Å². The number of nitrogens with two attached hydrogens (primary N) is 1. The zero-order valence-electron chi connectivity index (χ0n) is 11.1. The molecule has 1 amide bonds. The van der Waals surface area contributed by atoms with E-state index in [1.54, 1.807) is 0 Å². The van der Waals surface area contributed by atoms with Crippen molar-refractivity contribution in [3.63, 3.8) is 0 Å². The Bertz CT molecular complexity index is 424. The highest BCUT2D eigenvalue weighted by molar-refractivity contribution is 5.75. The van der Waals surface area contributed by atoms with E-state index in [4.69, 9.17) is 5.73 Å². The minimum Gasteiger partial charge on any atom is -0.352 e. The zero-order chi connectivity index (χ0) is 14.3. The van der Waals surface area contributed by atoms with Gasteiger partial charge in [-0.3, -0.25) is 4.79 Å². The SMILES string of the molecule is CC(CCN)CCC(=O)NCc1ccc(F)cc1F. The van der Waals surface area contributed by atoms with Gasteiger partial charge in [-0.1, -0.05) is 13.0 Å². The van der Waals surface area contributed by atoms with Gasteiger partial charge in [0.05, 0.1) is 0 Å². The van der Waals surface area contributed by atoms with E-state index in [9.17, 15) is 13.6 Å². The van der Waals surface area contributed by atoms with Crippen LogP contribution in [0.1, 0.15) is 31.7 Å². The van der Waals surface area contributed by atoms with Gasteiger partial charge in [0.15, 0.2) is 0 Å². The minimum atomic E-state index is -0.642. The van der Waals surface area contributed by atoms with E-state index in [0.717, 1.165) is 18.9 Å². The Morgan fingerprint density at radius 3 is 2.74 bits per heavy atom. The molecule has 0 radical (unpaired) electrons. The lowest BCUT2D eigenvalue weighted by molar-refractivity contribution is -0.121. The molecule has 3 N–H and O–H groups in total. The van der Waals surface area contributed by atoms with Crippen LogP contribution < -0.4 is 11.1 Å². The highest BCUT2D eigenvalue weighted by atomic mass is 19.1. The molecule has 0 saturated heterocycles. The molecule has 106 valence electrons. The normalized spacial score (nSPS) is 12.2. The van der Waals surface area contributed by atoms with E-state index >= 15 is 0 Å². The molecule has 0 aliphatic rings. The Balaban J connectivity index is 2.33. The van der Waals surface area contributed by atoms with Crippen LogP contribution in [0.2, 0.25) is 0 Å². The van der Waals surface area contributed by atoms with Crippen LogP contribution in [0.5, 0.6) is 0 Å². The maximum absolute atomic E-state index is 13.3. The van der Waals surface area contributed by atoms with E-state index < -0.39 is 11.6 Å². The molecule has 5 heteroatoms. The lowest BCUT2D eigenvalue weighted by Crippen LogP contribution is -2.23. The van der Waals surface area contributed by atoms with Gasteiger partial charge in [0.25, 0.3) is 0 Å². The number of carbonyl (C=O) groups excluding carboxylic acids is 1. The smallest absolute Gasteiger partial charge is 0.220 e. The van der Waals surface area contributed by atoms with Gasteiger partial charge < -0.3 is 11.1 Å². The predicted octanol–water partition coefficient (Wildman–Crippen LogP) is 2.35. The lowest BCUT2D eigenvalue weighted by atomic mass is 10.0. The van der Waals surface area contributed by atoms with Crippen LogP contribution in [0.4, 0.5) is 8.78 Å². The summed E-state index contributed by atoms with van der Waals surface area (Å²) in [5, 5.41) is 2.62. The fourth-order valence-electron chi connectivity index (χ4n) is 1.75. The highest BCUT2D eigenvalue weighted by Crippen LogP contribution is 2.11. The maximum atomic E-state index is 13.3. The van der Waals surface area contributed by atoms with Gasteiger partial charge in [-0.25, -0.2) is 8.78 Å². The van der Waals surface area contributed by atoms with Crippen molar-refractivity contribution in [3.8, 4) is 0 Å². The van der Waals surface area contributed by atoms with Gasteiger partial charge in [-0.2, -0.15) is 0 Å². The number of rotatable bonds is 7. The van der Waals surface area contributed by atoms with Crippen molar-refractivity contribution in [1.82, 2.24) is 5.32 Å². The Morgan fingerprint density at radius 2 is 2.11 bits per heavy atom. The van der Waals surface area contributed by atoms with E-state index in [2.05, 4.69) is 5.32 Å². The topological polar surface area (TPSA) is 55.1 Å². The number of hydrogen-bond acceptors (Lipinski definition) is 2. The number of benzene rings is 1. The molecule has 1 rings (SSSR count). The predicted molar refractivity (Wildman–Crippen MR) is 70.3 cm³/mol. The van der Waals surface area contributed by atoms with Crippen LogP contribution in [0.15, 0.2) is 18.2 Å². The van der Waals surface area contributed by atoms with Crippen LogP contribution in [0, 0.1) is 17.6 Å². The van der Waals surface area contributed by atoms with Crippen molar-refractivity contribution < 1.29 is 13.6 Å². The fourth-order valence-corrected chi connectivity index (χ4v) is 1.75. The lowest BCUT2D eigenvalue weighted by Gasteiger charge is -2.10. The zero-order valence-corrected chi connectivity index (χ0v) is 11.1. The van der Waals surface area contributed by atoms with Crippen molar-refractivity contribution in [2.24, 2.45) is 11.7 Å². The minimum absolute atomic E-state index is 0.0796. The molecule has 19 heavy (non-hydrogen) atoms. The molecule has 1 aromatic carbocycles. The molecule has 0 heterocycles. The van der Waals surface area contributed by atoms with Crippen molar-refractivity contribution in [2.45, 2.75) is 32.7 Å². The van der Waals surface area contributed by atoms with Crippen LogP contribution in [-0.2, 0) is 11.3 Å². The molecule has 1 atom stereocenters. The second-order valence-corrected chi connectivity index (χ2v) is 4.73. The summed E-state index contributed by atoms with van der Waals surface area (Å²) < 4.78 is 26.0. The van der Waals surface area contributed by atoms with Crippen molar-refractivity contribution >= 4 is 5.91 Å². The number of nitrogens with one attached hydrogen (secondary N) is 1. The first-order chi connectivity index (χ1) is 9.02. The maximum Gasteiger partial charge on any atom is 0.220 e. The first-order valence-corrected chi connectivity index (χ1v) is 6.43. The second-order valence-electron chi connectivity index (χ2n) is 4.73.